The summed E-state index contributed by atoms with van der Waals surface area (Å²) in [6.07, 6.45) is 51.6. The van der Waals surface area contributed by atoms with E-state index in [1.807, 2.05) is 0 Å². The highest BCUT2D eigenvalue weighted by atomic mass is 28.4. The monoisotopic (exact) mass is 767 g/mol. The van der Waals surface area contributed by atoms with Crippen LogP contribution in [-0.4, -0.2) is 26.2 Å². The van der Waals surface area contributed by atoms with E-state index in [1.165, 1.54) is 268 Å². The molecule has 52 heavy (non-hydrogen) atoms. The molecule has 0 radical (unpaired) electrons. The van der Waals surface area contributed by atoms with Gasteiger partial charge in [0.15, 0.2) is 16.6 Å². The van der Waals surface area contributed by atoms with E-state index in [0.717, 1.165) is 12.1 Å². The van der Waals surface area contributed by atoms with E-state index in [9.17, 15) is 9.59 Å². The van der Waals surface area contributed by atoms with Gasteiger partial charge < -0.3 is 9.59 Å². The first-order valence-corrected chi connectivity index (χ1v) is 30.0. The molecule has 0 saturated heterocycles. The molecule has 0 heterocycles. The minimum absolute atomic E-state index is 1.16. The summed E-state index contributed by atoms with van der Waals surface area (Å²) in [5.41, 5.74) is 0. The Morgan fingerprint density at radius 3 is 0.442 bits per heavy atom. The van der Waals surface area contributed by atoms with Gasteiger partial charge >= 0.3 is 0 Å². The Bertz CT molecular complexity index is 575. The van der Waals surface area contributed by atoms with Crippen LogP contribution in [0, 0.1) is 0 Å². The third-order valence-corrected chi connectivity index (χ3v) is 20.2. The van der Waals surface area contributed by atoms with Gasteiger partial charge in [0.05, 0.1) is 0 Å². The Labute approximate surface area is 332 Å². The van der Waals surface area contributed by atoms with E-state index in [4.69, 9.17) is 0 Å². The van der Waals surface area contributed by atoms with Crippen LogP contribution in [-0.2, 0) is 0 Å². The van der Waals surface area contributed by atoms with Crippen molar-refractivity contribution in [3.63, 3.8) is 0 Å². The van der Waals surface area contributed by atoms with Crippen molar-refractivity contribution < 1.29 is 9.59 Å². The van der Waals surface area contributed by atoms with Crippen molar-refractivity contribution in [2.24, 2.45) is 0 Å². The number of hydrogen-bond donors (Lipinski definition) is 2. The lowest BCUT2D eigenvalue weighted by Crippen LogP contribution is -2.34. The van der Waals surface area contributed by atoms with Crippen molar-refractivity contribution in [1.82, 2.24) is 0 Å². The van der Waals surface area contributed by atoms with Gasteiger partial charge in [0.1, 0.15) is 0 Å². The van der Waals surface area contributed by atoms with Crippen molar-refractivity contribution >= 4 is 16.6 Å². The minimum atomic E-state index is -2.10. The molecule has 0 rings (SSSR count). The predicted octanol–water partition coefficient (Wildman–Crippen LogP) is 17.8. The smallest absolute Gasteiger partial charge is 0.188 e. The Morgan fingerprint density at radius 2 is 0.308 bits per heavy atom. The molecular weight excluding hydrogens is 665 g/mol. The van der Waals surface area contributed by atoms with Gasteiger partial charge in [-0.1, -0.05) is 272 Å². The van der Waals surface area contributed by atoms with Crippen LogP contribution in [0.4, 0.5) is 0 Å². The summed E-state index contributed by atoms with van der Waals surface area (Å²) in [5.74, 6) is 0. The molecule has 2 N–H and O–H groups in total. The lowest BCUT2D eigenvalue weighted by Gasteiger charge is -2.26. The molecule has 0 aliphatic rings. The fourth-order valence-corrected chi connectivity index (χ4v) is 15.7. The summed E-state index contributed by atoms with van der Waals surface area (Å²) in [7, 11) is -4.19. The molecule has 0 aromatic heterocycles. The molecule has 0 saturated carbocycles. The second kappa shape index (κ2) is 41.0. The molecule has 0 aliphatic carbocycles. The van der Waals surface area contributed by atoms with E-state index in [0.29, 0.717) is 0 Å². The Kier molecular flexibility index (Phi) is 41.3. The second-order valence-electron chi connectivity index (χ2n) is 18.0. The van der Waals surface area contributed by atoms with Gasteiger partial charge in [0, 0.05) is 0 Å². The maximum absolute atomic E-state index is 11.9. The SMILES string of the molecule is CCCCCCCCCC[Si](O)(CCCCCCCCCC)CCCCCCCC[Si](O)(CCCCCCCCCC)CCCCCCCCCC. The first-order chi connectivity index (χ1) is 25.4. The molecule has 0 aliphatic heterocycles. The van der Waals surface area contributed by atoms with Crippen molar-refractivity contribution in [2.45, 2.75) is 308 Å². The Balaban J connectivity index is 4.53. The van der Waals surface area contributed by atoms with Gasteiger partial charge in [-0.05, 0) is 36.3 Å². The molecule has 0 unspecified atom stereocenters. The molecule has 0 bridgehead atoms. The second-order valence-corrected chi connectivity index (χ2v) is 25.9. The van der Waals surface area contributed by atoms with Gasteiger partial charge in [-0.2, -0.15) is 0 Å². The number of unbranched alkanes of at least 4 members (excludes halogenated alkanes) is 33. The topological polar surface area (TPSA) is 40.5 Å². The van der Waals surface area contributed by atoms with Crippen LogP contribution in [0.15, 0.2) is 0 Å². The third kappa shape index (κ3) is 37.3. The van der Waals surface area contributed by atoms with Gasteiger partial charge in [-0.15, -0.1) is 0 Å². The fraction of sp³-hybridized carbons (Fsp3) is 1.00. The van der Waals surface area contributed by atoms with E-state index in [1.54, 1.807) is 0 Å². The molecule has 0 aromatic rings. The van der Waals surface area contributed by atoms with E-state index < -0.39 is 16.6 Å². The summed E-state index contributed by atoms with van der Waals surface area (Å²) in [6.45, 7) is 9.22. The van der Waals surface area contributed by atoms with Gasteiger partial charge in [0.2, 0.25) is 0 Å². The van der Waals surface area contributed by atoms with E-state index in [2.05, 4.69) is 27.7 Å². The molecule has 0 atom stereocenters. The maximum atomic E-state index is 11.9. The predicted molar refractivity (Wildman–Crippen MR) is 243 cm³/mol. The van der Waals surface area contributed by atoms with Crippen LogP contribution in [0.25, 0.3) is 0 Å². The number of rotatable bonds is 45. The first kappa shape index (κ1) is 52.4. The molecule has 0 spiro atoms. The van der Waals surface area contributed by atoms with Gasteiger partial charge in [0.25, 0.3) is 0 Å². The molecule has 0 aromatic carbocycles. The average Bonchev–Trinajstić information content (AvgIpc) is 3.14. The van der Waals surface area contributed by atoms with Crippen LogP contribution in [0.5, 0.6) is 0 Å². The van der Waals surface area contributed by atoms with Crippen LogP contribution in [0.3, 0.4) is 0 Å². The highest BCUT2D eigenvalue weighted by Gasteiger charge is 2.30. The van der Waals surface area contributed by atoms with Crippen molar-refractivity contribution in [3.8, 4) is 0 Å². The minimum Gasteiger partial charge on any atom is -0.432 e. The maximum Gasteiger partial charge on any atom is 0.188 e. The standard InChI is InChI=1S/C48H102O2Si2/c1-5-9-13-17-21-25-31-37-43-51(49,44-38-32-26-22-18-14-10-6-2)47-41-35-29-30-36-42-48-52(50,45-39-33-27-23-19-15-11-7-3)46-40-34-28-24-20-16-12-8-4/h49-50H,5-48H2,1-4H3. The Morgan fingerprint density at radius 1 is 0.192 bits per heavy atom. The summed E-state index contributed by atoms with van der Waals surface area (Å²) in [5, 5.41) is 0. The largest absolute Gasteiger partial charge is 0.432 e. The zero-order valence-corrected chi connectivity index (χ0v) is 39.0. The average molecular weight is 768 g/mol. The summed E-state index contributed by atoms with van der Waals surface area (Å²) >= 11 is 0. The molecule has 4 heteroatoms. The molecule has 0 fully saturated rings. The molecule has 314 valence electrons. The molecular formula is C48H102O2Si2. The zero-order valence-electron chi connectivity index (χ0n) is 37.0. The summed E-state index contributed by atoms with van der Waals surface area (Å²) in [4.78, 5) is 23.8. The van der Waals surface area contributed by atoms with Crippen LogP contribution in [0.2, 0.25) is 36.3 Å². The van der Waals surface area contributed by atoms with Crippen molar-refractivity contribution in [1.29, 1.82) is 0 Å². The Hall–Kier alpha value is 0.354. The quantitative estimate of drug-likeness (QED) is 0.0479. The summed E-state index contributed by atoms with van der Waals surface area (Å²) < 4.78 is 0. The first-order valence-electron chi connectivity index (χ1n) is 24.9. The number of hydrogen-bond acceptors (Lipinski definition) is 2. The normalized spacial score (nSPS) is 12.3. The van der Waals surface area contributed by atoms with Crippen molar-refractivity contribution in [3.05, 3.63) is 0 Å². The van der Waals surface area contributed by atoms with Crippen LogP contribution < -0.4 is 0 Å². The van der Waals surface area contributed by atoms with Crippen LogP contribution >= 0.6 is 0 Å². The van der Waals surface area contributed by atoms with Crippen LogP contribution in [0.1, 0.15) is 272 Å². The van der Waals surface area contributed by atoms with Gasteiger partial charge in [-0.25, -0.2) is 0 Å². The summed E-state index contributed by atoms with van der Waals surface area (Å²) in [6, 6.07) is 6.98. The highest BCUT2D eigenvalue weighted by Crippen LogP contribution is 2.30. The highest BCUT2D eigenvalue weighted by molar-refractivity contribution is 6.72. The van der Waals surface area contributed by atoms with E-state index >= 15 is 0 Å². The zero-order chi connectivity index (χ0) is 38.1. The fourth-order valence-electron chi connectivity index (χ4n) is 8.72. The molecule has 2 nitrogen and oxygen atoms in total. The van der Waals surface area contributed by atoms with Crippen molar-refractivity contribution in [2.75, 3.05) is 0 Å². The molecule has 0 amide bonds. The van der Waals surface area contributed by atoms with E-state index in [-0.39, 0.29) is 0 Å². The lowest BCUT2D eigenvalue weighted by molar-refractivity contribution is 0.488. The third-order valence-electron chi connectivity index (χ3n) is 12.5. The lowest BCUT2D eigenvalue weighted by atomic mass is 10.1. The van der Waals surface area contributed by atoms with Gasteiger partial charge in [-0.3, -0.25) is 0 Å².